The maximum Gasteiger partial charge on any atom is 0.339 e. The lowest BCUT2D eigenvalue weighted by molar-refractivity contribution is 0.0697. The van der Waals surface area contributed by atoms with Gasteiger partial charge in [0.1, 0.15) is 11.4 Å². The largest absolute Gasteiger partial charge is 0.478 e. The second-order valence-corrected chi connectivity index (χ2v) is 5.57. The Labute approximate surface area is 116 Å². The van der Waals surface area contributed by atoms with Crippen LogP contribution in [0, 0.1) is 5.92 Å². The summed E-state index contributed by atoms with van der Waals surface area (Å²) in [6.45, 7) is 4.20. The lowest BCUT2D eigenvalue weighted by atomic mass is 10.0. The Balaban J connectivity index is 2.30. The highest BCUT2D eigenvalue weighted by atomic mass is 32.1. The molecular weight excluding hydrogens is 260 g/mol. The van der Waals surface area contributed by atoms with Gasteiger partial charge in [0.15, 0.2) is 0 Å². The molecule has 2 aromatic heterocycles. The van der Waals surface area contributed by atoms with Gasteiger partial charge in [0, 0.05) is 11.1 Å². The molecule has 100 valence electrons. The summed E-state index contributed by atoms with van der Waals surface area (Å²) >= 11 is 1.66. The molecule has 0 aromatic carbocycles. The van der Waals surface area contributed by atoms with Crippen molar-refractivity contribution >= 4 is 23.1 Å². The van der Waals surface area contributed by atoms with E-state index in [4.69, 9.17) is 0 Å². The van der Waals surface area contributed by atoms with Crippen LogP contribution in [0.15, 0.2) is 35.8 Å². The molecule has 0 saturated heterocycles. The van der Waals surface area contributed by atoms with E-state index >= 15 is 0 Å². The number of carbonyl (C=O) groups is 1. The molecule has 2 aromatic rings. The number of carboxylic acids is 1. The molecule has 0 fully saturated rings. The van der Waals surface area contributed by atoms with E-state index in [1.807, 2.05) is 17.5 Å². The lowest BCUT2D eigenvalue weighted by Gasteiger charge is -2.22. The van der Waals surface area contributed by atoms with E-state index in [1.54, 1.807) is 29.7 Å². The van der Waals surface area contributed by atoms with Gasteiger partial charge in [0.05, 0.1) is 6.04 Å². The topological polar surface area (TPSA) is 62.2 Å². The molecule has 0 aliphatic heterocycles. The maximum absolute atomic E-state index is 11.2. The minimum atomic E-state index is -0.968. The van der Waals surface area contributed by atoms with Crippen LogP contribution in [0.5, 0.6) is 0 Å². The first kappa shape index (κ1) is 13.5. The zero-order valence-electron chi connectivity index (χ0n) is 10.8. The Morgan fingerprint density at radius 3 is 2.74 bits per heavy atom. The van der Waals surface area contributed by atoms with E-state index < -0.39 is 5.97 Å². The fourth-order valence-corrected chi connectivity index (χ4v) is 2.82. The van der Waals surface area contributed by atoms with Gasteiger partial charge in [0.2, 0.25) is 0 Å². The number of hydrogen-bond acceptors (Lipinski definition) is 4. The van der Waals surface area contributed by atoms with Crippen molar-refractivity contribution in [1.29, 1.82) is 0 Å². The van der Waals surface area contributed by atoms with E-state index in [-0.39, 0.29) is 11.6 Å². The number of thiophene rings is 1. The third kappa shape index (κ3) is 3.12. The first-order chi connectivity index (χ1) is 9.09. The molecule has 1 atom stereocenters. The first-order valence-corrected chi connectivity index (χ1v) is 6.96. The summed E-state index contributed by atoms with van der Waals surface area (Å²) in [7, 11) is 0. The molecule has 1 unspecified atom stereocenters. The number of anilines is 1. The third-order valence-electron chi connectivity index (χ3n) is 2.85. The van der Waals surface area contributed by atoms with Crippen LogP contribution in [0.2, 0.25) is 0 Å². The lowest BCUT2D eigenvalue weighted by Crippen LogP contribution is -2.18. The van der Waals surface area contributed by atoms with E-state index in [9.17, 15) is 9.90 Å². The van der Waals surface area contributed by atoms with Crippen molar-refractivity contribution < 1.29 is 9.90 Å². The molecular formula is C14H16N2O2S. The standard InChI is InChI=1S/C14H16N2O2S/c1-9(2)12(11-6-4-8-19-11)16-13-10(14(17)18)5-3-7-15-13/h3-9,12H,1-2H3,(H,15,16)(H,17,18). The smallest absolute Gasteiger partial charge is 0.339 e. The van der Waals surface area contributed by atoms with Gasteiger partial charge in [-0.15, -0.1) is 11.3 Å². The SMILES string of the molecule is CC(C)C(Nc1ncccc1C(=O)O)c1cccs1. The van der Waals surface area contributed by atoms with Gasteiger partial charge in [0.25, 0.3) is 0 Å². The van der Waals surface area contributed by atoms with Crippen molar-refractivity contribution in [3.63, 3.8) is 0 Å². The van der Waals surface area contributed by atoms with Gasteiger partial charge in [-0.25, -0.2) is 9.78 Å². The number of aromatic carboxylic acids is 1. The Bertz CT molecular complexity index is 552. The Hall–Kier alpha value is -1.88. The van der Waals surface area contributed by atoms with Crippen LogP contribution in [-0.4, -0.2) is 16.1 Å². The molecule has 2 rings (SSSR count). The van der Waals surface area contributed by atoms with Crippen molar-refractivity contribution in [3.05, 3.63) is 46.3 Å². The number of nitrogens with one attached hydrogen (secondary N) is 1. The molecule has 4 nitrogen and oxygen atoms in total. The van der Waals surface area contributed by atoms with Gasteiger partial charge in [-0.2, -0.15) is 0 Å². The summed E-state index contributed by atoms with van der Waals surface area (Å²) in [6, 6.07) is 7.29. The fourth-order valence-electron chi connectivity index (χ4n) is 1.87. The second-order valence-electron chi connectivity index (χ2n) is 4.59. The zero-order valence-corrected chi connectivity index (χ0v) is 11.6. The average Bonchev–Trinajstić information content (AvgIpc) is 2.89. The fraction of sp³-hybridized carbons (Fsp3) is 0.286. The highest BCUT2D eigenvalue weighted by Gasteiger charge is 2.20. The minimum absolute atomic E-state index is 0.0630. The zero-order chi connectivity index (χ0) is 13.8. The van der Waals surface area contributed by atoms with Crippen LogP contribution in [0.4, 0.5) is 5.82 Å². The second kappa shape index (κ2) is 5.84. The van der Waals surface area contributed by atoms with Crippen molar-refractivity contribution in [2.45, 2.75) is 19.9 Å². The number of nitrogens with zero attached hydrogens (tertiary/aromatic N) is 1. The molecule has 0 amide bonds. The van der Waals surface area contributed by atoms with E-state index in [1.165, 1.54) is 4.88 Å². The quantitative estimate of drug-likeness (QED) is 0.875. The maximum atomic E-state index is 11.2. The van der Waals surface area contributed by atoms with Crippen molar-refractivity contribution in [2.24, 2.45) is 5.92 Å². The van der Waals surface area contributed by atoms with Gasteiger partial charge in [-0.3, -0.25) is 0 Å². The summed E-state index contributed by atoms with van der Waals surface area (Å²) < 4.78 is 0. The summed E-state index contributed by atoms with van der Waals surface area (Å²) in [5.41, 5.74) is 0.199. The highest BCUT2D eigenvalue weighted by Crippen LogP contribution is 2.30. The predicted octanol–water partition coefficient (Wildman–Crippen LogP) is 3.65. The van der Waals surface area contributed by atoms with Crippen molar-refractivity contribution in [1.82, 2.24) is 4.98 Å². The molecule has 2 heterocycles. The Morgan fingerprint density at radius 1 is 1.37 bits per heavy atom. The molecule has 2 N–H and O–H groups in total. The highest BCUT2D eigenvalue weighted by molar-refractivity contribution is 7.10. The monoisotopic (exact) mass is 276 g/mol. The van der Waals surface area contributed by atoms with Gasteiger partial charge < -0.3 is 10.4 Å². The van der Waals surface area contributed by atoms with Crippen LogP contribution in [-0.2, 0) is 0 Å². The third-order valence-corrected chi connectivity index (χ3v) is 3.80. The molecule has 0 aliphatic rings. The summed E-state index contributed by atoms with van der Waals surface area (Å²) in [4.78, 5) is 16.5. The molecule has 19 heavy (non-hydrogen) atoms. The number of carboxylic acid groups (broad SMARTS) is 1. The molecule has 0 radical (unpaired) electrons. The summed E-state index contributed by atoms with van der Waals surface area (Å²) in [6.07, 6.45) is 1.60. The molecule has 0 saturated carbocycles. The molecule has 0 spiro atoms. The van der Waals surface area contributed by atoms with Crippen molar-refractivity contribution in [3.8, 4) is 0 Å². The van der Waals surface area contributed by atoms with Gasteiger partial charge in [-0.05, 0) is 29.5 Å². The van der Waals surface area contributed by atoms with Crippen LogP contribution >= 0.6 is 11.3 Å². The van der Waals surface area contributed by atoms with Gasteiger partial charge in [-0.1, -0.05) is 19.9 Å². The Morgan fingerprint density at radius 2 is 2.16 bits per heavy atom. The molecule has 0 aliphatic carbocycles. The van der Waals surface area contributed by atoms with E-state index in [0.717, 1.165) is 0 Å². The van der Waals surface area contributed by atoms with E-state index in [2.05, 4.69) is 24.1 Å². The summed E-state index contributed by atoms with van der Waals surface area (Å²) in [5.74, 6) is -0.214. The minimum Gasteiger partial charge on any atom is -0.478 e. The number of aromatic nitrogens is 1. The van der Waals surface area contributed by atoms with Crippen LogP contribution in [0.25, 0.3) is 0 Å². The Kier molecular flexibility index (Phi) is 4.16. The number of hydrogen-bond donors (Lipinski definition) is 2. The van der Waals surface area contributed by atoms with Crippen LogP contribution in [0.1, 0.15) is 35.1 Å². The number of rotatable bonds is 5. The summed E-state index contributed by atoms with van der Waals surface area (Å²) in [5, 5.41) is 14.4. The molecule has 0 bridgehead atoms. The number of pyridine rings is 1. The van der Waals surface area contributed by atoms with Crippen molar-refractivity contribution in [2.75, 3.05) is 5.32 Å². The first-order valence-electron chi connectivity index (χ1n) is 6.08. The van der Waals surface area contributed by atoms with E-state index in [0.29, 0.717) is 11.7 Å². The molecule has 5 heteroatoms. The average molecular weight is 276 g/mol. The van der Waals surface area contributed by atoms with Gasteiger partial charge >= 0.3 is 5.97 Å². The normalized spacial score (nSPS) is 12.4. The van der Waals surface area contributed by atoms with Crippen LogP contribution in [0.3, 0.4) is 0 Å². The van der Waals surface area contributed by atoms with Crippen LogP contribution < -0.4 is 5.32 Å². The predicted molar refractivity (Wildman–Crippen MR) is 76.7 cm³/mol.